The van der Waals surface area contributed by atoms with Gasteiger partial charge < -0.3 is 4.98 Å². The van der Waals surface area contributed by atoms with Crippen LogP contribution in [0, 0.1) is 0 Å². The average molecular weight is 256 g/mol. The minimum Gasteiger partial charge on any atom is -0.359 e. The van der Waals surface area contributed by atoms with E-state index >= 15 is 0 Å². The smallest absolute Gasteiger partial charge is 0.165 e. The maximum absolute atomic E-state index is 11.9. The number of rotatable bonds is 4. The second-order valence-corrected chi connectivity index (χ2v) is 4.37. The number of hydrogen-bond donors (Lipinski definition) is 1. The van der Waals surface area contributed by atoms with Crippen molar-refractivity contribution in [3.63, 3.8) is 0 Å². The van der Waals surface area contributed by atoms with Crippen molar-refractivity contribution >= 4 is 39.9 Å². The molecule has 2 aromatic rings. The van der Waals surface area contributed by atoms with Crippen molar-refractivity contribution in [2.45, 2.75) is 12.8 Å². The fourth-order valence-corrected chi connectivity index (χ4v) is 2.07. The number of H-pyrrole nitrogens is 1. The molecular formula is C12H11Cl2NO. The molecule has 0 fully saturated rings. The van der Waals surface area contributed by atoms with Gasteiger partial charge in [0, 0.05) is 29.4 Å². The molecule has 0 amide bonds. The Morgan fingerprint density at radius 3 is 2.94 bits per heavy atom. The highest BCUT2D eigenvalue weighted by molar-refractivity contribution is 6.35. The van der Waals surface area contributed by atoms with Gasteiger partial charge in [0.2, 0.25) is 0 Å². The van der Waals surface area contributed by atoms with Gasteiger partial charge in [0.25, 0.3) is 0 Å². The van der Waals surface area contributed by atoms with Crippen molar-refractivity contribution in [1.29, 1.82) is 0 Å². The second-order valence-electron chi connectivity index (χ2n) is 3.58. The topological polar surface area (TPSA) is 32.9 Å². The Labute approximate surface area is 104 Å². The first kappa shape index (κ1) is 11.5. The fourth-order valence-electron chi connectivity index (χ4n) is 1.71. The molecule has 0 atom stereocenters. The summed E-state index contributed by atoms with van der Waals surface area (Å²) < 4.78 is 0. The minimum absolute atomic E-state index is 0.106. The molecule has 0 saturated carbocycles. The normalized spacial score (nSPS) is 10.9. The highest BCUT2D eigenvalue weighted by Crippen LogP contribution is 2.26. The first-order valence-electron chi connectivity index (χ1n) is 5.09. The van der Waals surface area contributed by atoms with Gasteiger partial charge in [-0.1, -0.05) is 23.7 Å². The minimum atomic E-state index is 0.106. The lowest BCUT2D eigenvalue weighted by atomic mass is 10.1. The van der Waals surface area contributed by atoms with Crippen LogP contribution in [0.1, 0.15) is 23.2 Å². The molecule has 2 nitrogen and oxygen atoms in total. The zero-order valence-electron chi connectivity index (χ0n) is 8.59. The van der Waals surface area contributed by atoms with E-state index in [1.165, 1.54) is 0 Å². The van der Waals surface area contributed by atoms with E-state index in [1.807, 2.05) is 12.1 Å². The summed E-state index contributed by atoms with van der Waals surface area (Å²) in [5, 5.41) is 1.51. The lowest BCUT2D eigenvalue weighted by molar-refractivity contribution is 0.0983. The molecule has 0 bridgehead atoms. The molecule has 0 aliphatic carbocycles. The van der Waals surface area contributed by atoms with Gasteiger partial charge >= 0.3 is 0 Å². The molecule has 16 heavy (non-hydrogen) atoms. The number of hydrogen-bond acceptors (Lipinski definition) is 1. The summed E-state index contributed by atoms with van der Waals surface area (Å²) in [6, 6.07) is 5.54. The maximum atomic E-state index is 11.9. The molecule has 1 aromatic heterocycles. The molecule has 1 heterocycles. The number of nitrogens with one attached hydrogen (secondary N) is 1. The Kier molecular flexibility index (Phi) is 3.52. The third-order valence-electron chi connectivity index (χ3n) is 2.50. The van der Waals surface area contributed by atoms with Crippen molar-refractivity contribution < 1.29 is 4.79 Å². The largest absolute Gasteiger partial charge is 0.359 e. The van der Waals surface area contributed by atoms with E-state index in [1.54, 1.807) is 12.3 Å². The summed E-state index contributed by atoms with van der Waals surface area (Å²) in [5.41, 5.74) is 1.51. The first-order chi connectivity index (χ1) is 7.74. The number of benzene rings is 1. The van der Waals surface area contributed by atoms with Gasteiger partial charge in [0.1, 0.15) is 0 Å². The zero-order valence-corrected chi connectivity index (χ0v) is 10.1. The Balaban J connectivity index is 2.38. The Hall–Kier alpha value is -0.990. The molecule has 0 saturated heterocycles. The van der Waals surface area contributed by atoms with Gasteiger partial charge in [-0.15, -0.1) is 11.6 Å². The van der Waals surface area contributed by atoms with E-state index in [9.17, 15) is 4.79 Å². The number of halogens is 2. The number of Topliss-reactive ketones (excluding diaryl/α,β-unsaturated/α-hetero) is 1. The van der Waals surface area contributed by atoms with Crippen LogP contribution in [-0.4, -0.2) is 16.6 Å². The number of alkyl halides is 1. The van der Waals surface area contributed by atoms with E-state index in [0.29, 0.717) is 29.3 Å². The Morgan fingerprint density at radius 2 is 2.19 bits per heavy atom. The highest BCUT2D eigenvalue weighted by Gasteiger charge is 2.12. The molecule has 0 radical (unpaired) electrons. The number of carbonyl (C=O) groups is 1. The van der Waals surface area contributed by atoms with Gasteiger partial charge in [-0.05, 0) is 12.5 Å². The molecule has 1 N–H and O–H groups in total. The van der Waals surface area contributed by atoms with Crippen LogP contribution in [0.2, 0.25) is 5.02 Å². The molecule has 0 unspecified atom stereocenters. The summed E-state index contributed by atoms with van der Waals surface area (Å²) in [4.78, 5) is 14.9. The monoisotopic (exact) mass is 255 g/mol. The zero-order chi connectivity index (χ0) is 11.5. The predicted molar refractivity (Wildman–Crippen MR) is 67.6 cm³/mol. The summed E-state index contributed by atoms with van der Waals surface area (Å²) in [6.07, 6.45) is 2.89. The summed E-state index contributed by atoms with van der Waals surface area (Å²) in [5.74, 6) is 0.614. The first-order valence-corrected chi connectivity index (χ1v) is 6.00. The molecular weight excluding hydrogens is 245 g/mol. The standard InChI is InChI=1S/C12H11Cl2NO/c13-6-2-5-11(16)9-7-15-12-8(9)3-1-4-10(12)14/h1,3-4,7,15H,2,5-6H2. The van der Waals surface area contributed by atoms with E-state index in [2.05, 4.69) is 4.98 Å². The number of aromatic amines is 1. The van der Waals surface area contributed by atoms with Crippen molar-refractivity contribution in [2.24, 2.45) is 0 Å². The number of aromatic nitrogens is 1. The molecule has 0 aliphatic rings. The van der Waals surface area contributed by atoms with E-state index in [-0.39, 0.29) is 5.78 Å². The molecule has 2 rings (SSSR count). The molecule has 0 aliphatic heterocycles. The lowest BCUT2D eigenvalue weighted by Gasteiger charge is -1.98. The lowest BCUT2D eigenvalue weighted by Crippen LogP contribution is -1.97. The third-order valence-corrected chi connectivity index (χ3v) is 3.08. The van der Waals surface area contributed by atoms with Crippen LogP contribution in [0.15, 0.2) is 24.4 Å². The Morgan fingerprint density at radius 1 is 1.38 bits per heavy atom. The quantitative estimate of drug-likeness (QED) is 0.650. The van der Waals surface area contributed by atoms with Crippen molar-refractivity contribution in [1.82, 2.24) is 4.98 Å². The van der Waals surface area contributed by atoms with Gasteiger partial charge in [-0.2, -0.15) is 0 Å². The van der Waals surface area contributed by atoms with Crippen LogP contribution in [0.5, 0.6) is 0 Å². The van der Waals surface area contributed by atoms with E-state index in [0.717, 1.165) is 10.9 Å². The van der Waals surface area contributed by atoms with Crippen molar-refractivity contribution in [2.75, 3.05) is 5.88 Å². The second kappa shape index (κ2) is 4.89. The average Bonchev–Trinajstić information content (AvgIpc) is 2.71. The van der Waals surface area contributed by atoms with Crippen LogP contribution >= 0.6 is 23.2 Å². The van der Waals surface area contributed by atoms with Crippen LogP contribution < -0.4 is 0 Å². The number of ketones is 1. The molecule has 4 heteroatoms. The van der Waals surface area contributed by atoms with Gasteiger partial charge in [-0.3, -0.25) is 4.79 Å². The summed E-state index contributed by atoms with van der Waals surface area (Å²) in [7, 11) is 0. The predicted octanol–water partition coefficient (Wildman–Crippen LogP) is 4.02. The third kappa shape index (κ3) is 2.08. The van der Waals surface area contributed by atoms with Gasteiger partial charge in [0.15, 0.2) is 5.78 Å². The number of carbonyl (C=O) groups excluding carboxylic acids is 1. The van der Waals surface area contributed by atoms with E-state index in [4.69, 9.17) is 23.2 Å². The van der Waals surface area contributed by atoms with Crippen LogP contribution in [-0.2, 0) is 0 Å². The molecule has 0 spiro atoms. The molecule has 84 valence electrons. The maximum Gasteiger partial charge on any atom is 0.165 e. The summed E-state index contributed by atoms with van der Waals surface area (Å²) >= 11 is 11.6. The highest BCUT2D eigenvalue weighted by atomic mass is 35.5. The van der Waals surface area contributed by atoms with Crippen molar-refractivity contribution in [3.05, 3.63) is 35.0 Å². The van der Waals surface area contributed by atoms with E-state index < -0.39 is 0 Å². The van der Waals surface area contributed by atoms with Crippen LogP contribution in [0.4, 0.5) is 0 Å². The van der Waals surface area contributed by atoms with Crippen LogP contribution in [0.3, 0.4) is 0 Å². The van der Waals surface area contributed by atoms with Crippen LogP contribution in [0.25, 0.3) is 10.9 Å². The Bertz CT molecular complexity index is 519. The SMILES string of the molecule is O=C(CCCCl)c1c[nH]c2c(Cl)cccc12. The number of para-hydroxylation sites is 1. The fraction of sp³-hybridized carbons (Fsp3) is 0.250. The van der Waals surface area contributed by atoms with Gasteiger partial charge in [-0.25, -0.2) is 0 Å². The van der Waals surface area contributed by atoms with Crippen molar-refractivity contribution in [3.8, 4) is 0 Å². The summed E-state index contributed by atoms with van der Waals surface area (Å²) in [6.45, 7) is 0. The number of fused-ring (bicyclic) bond motifs is 1. The van der Waals surface area contributed by atoms with Gasteiger partial charge in [0.05, 0.1) is 10.5 Å². The molecule has 1 aromatic carbocycles.